The summed E-state index contributed by atoms with van der Waals surface area (Å²) in [5.74, 6) is -1.20. The number of nitrogens with two attached hydrogens (primary N) is 1. The van der Waals surface area contributed by atoms with Crippen LogP contribution in [0.1, 0.15) is 0 Å². The van der Waals surface area contributed by atoms with Crippen LogP contribution in [0.15, 0.2) is 10.3 Å². The third-order valence-corrected chi connectivity index (χ3v) is 3.22. The van der Waals surface area contributed by atoms with Crippen molar-refractivity contribution in [3.63, 3.8) is 0 Å². The highest BCUT2D eigenvalue weighted by Gasteiger charge is 2.15. The molecule has 1 aromatic rings. The lowest BCUT2D eigenvalue weighted by atomic mass is 10.6. The lowest BCUT2D eigenvalue weighted by Gasteiger charge is -1.86. The number of sulfonamides is 1. The van der Waals surface area contributed by atoms with E-state index in [1.165, 1.54) is 0 Å². The van der Waals surface area contributed by atoms with E-state index in [2.05, 4.69) is 5.14 Å². The van der Waals surface area contributed by atoms with Crippen molar-refractivity contribution in [3.8, 4) is 0 Å². The van der Waals surface area contributed by atoms with E-state index in [1.54, 1.807) is 0 Å². The Morgan fingerprint density at radius 2 is 2.00 bits per heavy atom. The Morgan fingerprint density at radius 3 is 2.18 bits per heavy atom. The SMILES string of the molecule is NS(=O)(=O)c1cc(F)c(F)s1. The van der Waals surface area contributed by atoms with Crippen molar-refractivity contribution in [3.05, 3.63) is 17.0 Å². The molecule has 0 atom stereocenters. The molecule has 0 bridgehead atoms. The highest BCUT2D eigenvalue weighted by Crippen LogP contribution is 2.21. The average molecular weight is 199 g/mol. The molecule has 0 aliphatic rings. The van der Waals surface area contributed by atoms with Crippen molar-refractivity contribution < 1.29 is 17.2 Å². The second-order valence-electron chi connectivity index (χ2n) is 1.73. The second kappa shape index (κ2) is 2.50. The van der Waals surface area contributed by atoms with Crippen LogP contribution in [-0.4, -0.2) is 8.42 Å². The van der Waals surface area contributed by atoms with Gasteiger partial charge in [0.25, 0.3) is 0 Å². The third kappa shape index (κ3) is 1.73. The van der Waals surface area contributed by atoms with Gasteiger partial charge < -0.3 is 0 Å². The number of thiophene rings is 1. The van der Waals surface area contributed by atoms with Crippen LogP contribution < -0.4 is 5.14 Å². The molecule has 0 unspecified atom stereocenters. The molecular weight excluding hydrogens is 196 g/mol. The van der Waals surface area contributed by atoms with E-state index in [9.17, 15) is 17.2 Å². The minimum atomic E-state index is -3.97. The van der Waals surface area contributed by atoms with E-state index in [0.717, 1.165) is 0 Å². The summed E-state index contributed by atoms with van der Waals surface area (Å²) < 4.78 is 44.8. The van der Waals surface area contributed by atoms with Crippen LogP contribution in [0.4, 0.5) is 8.78 Å². The molecule has 0 aliphatic carbocycles. The topological polar surface area (TPSA) is 60.2 Å². The van der Waals surface area contributed by atoms with E-state index in [0.29, 0.717) is 6.07 Å². The summed E-state index contributed by atoms with van der Waals surface area (Å²) in [5.41, 5.74) is 0. The van der Waals surface area contributed by atoms with Gasteiger partial charge in [-0.15, -0.1) is 0 Å². The van der Waals surface area contributed by atoms with Crippen LogP contribution in [-0.2, 0) is 10.0 Å². The van der Waals surface area contributed by atoms with Gasteiger partial charge in [-0.25, -0.2) is 17.9 Å². The molecule has 0 radical (unpaired) electrons. The fourth-order valence-corrected chi connectivity index (χ4v) is 1.91. The van der Waals surface area contributed by atoms with Crippen molar-refractivity contribution in [2.45, 2.75) is 4.21 Å². The largest absolute Gasteiger partial charge is 0.247 e. The Labute approximate surface area is 65.5 Å². The number of hydrogen-bond donors (Lipinski definition) is 1. The van der Waals surface area contributed by atoms with Gasteiger partial charge in [0.2, 0.25) is 15.2 Å². The highest BCUT2D eigenvalue weighted by molar-refractivity contribution is 7.91. The number of halogens is 2. The minimum absolute atomic E-state index is 0.167. The molecule has 1 rings (SSSR count). The highest BCUT2D eigenvalue weighted by atomic mass is 32.2. The lowest BCUT2D eigenvalue weighted by molar-refractivity contribution is 0.530. The fourth-order valence-electron chi connectivity index (χ4n) is 0.467. The van der Waals surface area contributed by atoms with Gasteiger partial charge in [-0.1, -0.05) is 11.3 Å². The monoisotopic (exact) mass is 199 g/mol. The summed E-state index contributed by atoms with van der Waals surface area (Å²) in [5, 5.41) is 3.42. The van der Waals surface area contributed by atoms with Crippen LogP contribution in [0.5, 0.6) is 0 Å². The van der Waals surface area contributed by atoms with Gasteiger partial charge in [-0.05, 0) is 0 Å². The summed E-state index contributed by atoms with van der Waals surface area (Å²) >= 11 is 0.167. The minimum Gasteiger partial charge on any atom is -0.224 e. The normalized spacial score (nSPS) is 11.9. The molecule has 0 aliphatic heterocycles. The molecule has 1 aromatic heterocycles. The molecule has 0 amide bonds. The smallest absolute Gasteiger partial charge is 0.224 e. The third-order valence-electron chi connectivity index (χ3n) is 0.903. The van der Waals surface area contributed by atoms with E-state index in [-0.39, 0.29) is 11.3 Å². The first-order valence-electron chi connectivity index (χ1n) is 2.39. The maximum atomic E-state index is 12.2. The van der Waals surface area contributed by atoms with Gasteiger partial charge >= 0.3 is 0 Å². The number of hydrogen-bond acceptors (Lipinski definition) is 3. The standard InChI is InChI=1S/C4H3F2NO2S2/c5-2-1-3(10-4(2)6)11(7,8)9/h1H,(H2,7,8,9). The zero-order chi connectivity index (χ0) is 8.65. The zero-order valence-corrected chi connectivity index (χ0v) is 6.68. The van der Waals surface area contributed by atoms with Crippen LogP contribution in [0.3, 0.4) is 0 Å². The van der Waals surface area contributed by atoms with Crippen LogP contribution in [0, 0.1) is 10.9 Å². The fraction of sp³-hybridized carbons (Fsp3) is 0. The van der Waals surface area contributed by atoms with Crippen LogP contribution in [0.2, 0.25) is 0 Å². The summed E-state index contributed by atoms with van der Waals surface area (Å²) in [7, 11) is -3.97. The van der Waals surface area contributed by atoms with E-state index < -0.39 is 25.2 Å². The van der Waals surface area contributed by atoms with Crippen molar-refractivity contribution >= 4 is 21.4 Å². The van der Waals surface area contributed by atoms with Crippen molar-refractivity contribution in [2.24, 2.45) is 5.14 Å². The predicted octanol–water partition coefficient (Wildman–Crippen LogP) is 0.674. The van der Waals surface area contributed by atoms with Crippen LogP contribution >= 0.6 is 11.3 Å². The molecular formula is C4H3F2NO2S2. The quantitative estimate of drug-likeness (QED) is 0.722. The summed E-state index contributed by atoms with van der Waals surface area (Å²) in [6, 6.07) is 0.551. The Kier molecular flexibility index (Phi) is 1.95. The van der Waals surface area contributed by atoms with Crippen molar-refractivity contribution in [1.29, 1.82) is 0 Å². The van der Waals surface area contributed by atoms with E-state index >= 15 is 0 Å². The van der Waals surface area contributed by atoms with Gasteiger partial charge in [-0.3, -0.25) is 0 Å². The molecule has 62 valence electrons. The lowest BCUT2D eigenvalue weighted by Crippen LogP contribution is -2.09. The van der Waals surface area contributed by atoms with E-state index in [4.69, 9.17) is 0 Å². The number of primary sulfonamides is 1. The molecule has 0 spiro atoms. The Morgan fingerprint density at radius 1 is 1.45 bits per heavy atom. The van der Waals surface area contributed by atoms with Gasteiger partial charge in [0.05, 0.1) is 0 Å². The van der Waals surface area contributed by atoms with Crippen molar-refractivity contribution in [1.82, 2.24) is 0 Å². The molecule has 0 saturated heterocycles. The number of rotatable bonds is 1. The average Bonchev–Trinajstić information content (AvgIpc) is 2.11. The molecule has 1 heterocycles. The van der Waals surface area contributed by atoms with Crippen molar-refractivity contribution in [2.75, 3.05) is 0 Å². The first kappa shape index (κ1) is 8.57. The second-order valence-corrected chi connectivity index (χ2v) is 4.52. The Balaban J connectivity index is 3.29. The Hall–Kier alpha value is -0.530. The summed E-state index contributed by atoms with van der Waals surface area (Å²) in [6.07, 6.45) is 0. The van der Waals surface area contributed by atoms with E-state index in [1.807, 2.05) is 0 Å². The first-order chi connectivity index (χ1) is 4.91. The van der Waals surface area contributed by atoms with Gasteiger partial charge in [-0.2, -0.15) is 4.39 Å². The summed E-state index contributed by atoms with van der Waals surface area (Å²) in [6.45, 7) is 0. The maximum absolute atomic E-state index is 12.2. The molecule has 7 heteroatoms. The predicted molar refractivity (Wildman–Crippen MR) is 35.6 cm³/mol. The zero-order valence-electron chi connectivity index (χ0n) is 5.04. The molecule has 11 heavy (non-hydrogen) atoms. The van der Waals surface area contributed by atoms with Gasteiger partial charge in [0.1, 0.15) is 4.21 Å². The maximum Gasteiger partial charge on any atom is 0.247 e. The molecule has 0 fully saturated rings. The summed E-state index contributed by atoms with van der Waals surface area (Å²) in [4.78, 5) is 0. The molecule has 0 saturated carbocycles. The van der Waals surface area contributed by atoms with Crippen LogP contribution in [0.25, 0.3) is 0 Å². The van der Waals surface area contributed by atoms with Gasteiger partial charge in [0.15, 0.2) is 5.82 Å². The Bertz CT molecular complexity index is 350. The van der Waals surface area contributed by atoms with Gasteiger partial charge in [0, 0.05) is 6.07 Å². The first-order valence-corrected chi connectivity index (χ1v) is 4.75. The molecule has 0 aromatic carbocycles. The molecule has 3 nitrogen and oxygen atoms in total. The molecule has 2 N–H and O–H groups in total.